The Labute approximate surface area is 119 Å². The summed E-state index contributed by atoms with van der Waals surface area (Å²) in [5.41, 5.74) is 1.09. The van der Waals surface area contributed by atoms with Gasteiger partial charge < -0.3 is 14.5 Å². The van der Waals surface area contributed by atoms with E-state index in [4.69, 9.17) is 20.8 Å². The highest BCUT2D eigenvalue weighted by molar-refractivity contribution is 9.10. The minimum atomic E-state index is 0.361. The molecule has 0 bridgehead atoms. The fourth-order valence-corrected chi connectivity index (χ4v) is 2.05. The maximum absolute atomic E-state index is 6.03. The van der Waals surface area contributed by atoms with Gasteiger partial charge in [-0.3, -0.25) is 0 Å². The van der Waals surface area contributed by atoms with E-state index in [9.17, 15) is 0 Å². The summed E-state index contributed by atoms with van der Waals surface area (Å²) < 4.78 is 11.9. The summed E-state index contributed by atoms with van der Waals surface area (Å²) in [5, 5.41) is 3.64. The molecule has 0 aliphatic heterocycles. The molecular formula is C13H13BrClNO2. The number of rotatable bonds is 5. The summed E-state index contributed by atoms with van der Waals surface area (Å²) in [6, 6.07) is 7.45. The van der Waals surface area contributed by atoms with Crippen molar-refractivity contribution in [2.75, 3.05) is 7.05 Å². The zero-order valence-electron chi connectivity index (χ0n) is 9.87. The van der Waals surface area contributed by atoms with Crippen molar-refractivity contribution in [3.05, 3.63) is 51.3 Å². The van der Waals surface area contributed by atoms with E-state index in [1.165, 1.54) is 0 Å². The number of hydrogen-bond donors (Lipinski definition) is 1. The highest BCUT2D eigenvalue weighted by Gasteiger charge is 2.05. The van der Waals surface area contributed by atoms with Crippen LogP contribution in [0.25, 0.3) is 0 Å². The average molecular weight is 331 g/mol. The lowest BCUT2D eigenvalue weighted by Crippen LogP contribution is -2.03. The first-order valence-electron chi connectivity index (χ1n) is 5.48. The first-order valence-corrected chi connectivity index (χ1v) is 6.65. The highest BCUT2D eigenvalue weighted by atomic mass is 79.9. The molecule has 0 atom stereocenters. The lowest BCUT2D eigenvalue weighted by molar-refractivity contribution is 0.270. The minimum absolute atomic E-state index is 0.361. The van der Waals surface area contributed by atoms with E-state index >= 15 is 0 Å². The molecule has 0 spiro atoms. The van der Waals surface area contributed by atoms with Gasteiger partial charge in [0.2, 0.25) is 0 Å². The van der Waals surface area contributed by atoms with Crippen LogP contribution in [0.15, 0.2) is 39.4 Å². The van der Waals surface area contributed by atoms with Gasteiger partial charge in [-0.2, -0.15) is 0 Å². The Kier molecular flexibility index (Phi) is 4.69. The first-order chi connectivity index (χ1) is 8.69. The lowest BCUT2D eigenvalue weighted by atomic mass is 10.3. The van der Waals surface area contributed by atoms with Gasteiger partial charge in [0.05, 0.1) is 11.3 Å². The Morgan fingerprint density at radius 1 is 1.39 bits per heavy atom. The van der Waals surface area contributed by atoms with Crippen molar-refractivity contribution in [3.8, 4) is 5.75 Å². The highest BCUT2D eigenvalue weighted by Crippen LogP contribution is 2.28. The van der Waals surface area contributed by atoms with Crippen LogP contribution in [0.1, 0.15) is 11.3 Å². The van der Waals surface area contributed by atoms with Gasteiger partial charge in [0.25, 0.3) is 0 Å². The predicted molar refractivity (Wildman–Crippen MR) is 75.0 cm³/mol. The average Bonchev–Trinajstić information content (AvgIpc) is 2.79. The Morgan fingerprint density at radius 3 is 3.00 bits per heavy atom. The Bertz CT molecular complexity index is 527. The summed E-state index contributed by atoms with van der Waals surface area (Å²) in [4.78, 5) is 0. The van der Waals surface area contributed by atoms with Gasteiger partial charge in [0.15, 0.2) is 0 Å². The maximum atomic E-state index is 6.03. The van der Waals surface area contributed by atoms with Gasteiger partial charge in [-0.25, -0.2) is 0 Å². The van der Waals surface area contributed by atoms with Crippen molar-refractivity contribution in [1.29, 1.82) is 0 Å². The van der Waals surface area contributed by atoms with Crippen molar-refractivity contribution < 1.29 is 9.15 Å². The van der Waals surface area contributed by atoms with Crippen LogP contribution in [-0.4, -0.2) is 7.05 Å². The van der Waals surface area contributed by atoms with Gasteiger partial charge in [-0.05, 0) is 31.3 Å². The zero-order chi connectivity index (χ0) is 13.0. The van der Waals surface area contributed by atoms with E-state index in [1.54, 1.807) is 12.3 Å². The normalized spacial score (nSPS) is 10.6. The quantitative estimate of drug-likeness (QED) is 0.900. The molecule has 0 fully saturated rings. The summed E-state index contributed by atoms with van der Waals surface area (Å²) in [5.74, 6) is 1.41. The van der Waals surface area contributed by atoms with E-state index < -0.39 is 0 Å². The van der Waals surface area contributed by atoms with Crippen LogP contribution in [0, 0.1) is 0 Å². The van der Waals surface area contributed by atoms with Gasteiger partial charge in [-0.15, -0.1) is 0 Å². The van der Waals surface area contributed by atoms with E-state index in [2.05, 4.69) is 21.2 Å². The second-order valence-corrected chi connectivity index (χ2v) is 5.14. The Balaban J connectivity index is 1.99. The Hall–Kier alpha value is -0.970. The smallest absolute Gasteiger partial charge is 0.146 e. The molecule has 0 aliphatic carbocycles. The number of ether oxygens (including phenoxy) is 1. The van der Waals surface area contributed by atoms with Gasteiger partial charge >= 0.3 is 0 Å². The molecule has 5 heteroatoms. The second-order valence-electron chi connectivity index (χ2n) is 3.82. The summed E-state index contributed by atoms with van der Waals surface area (Å²) >= 11 is 9.41. The van der Waals surface area contributed by atoms with Crippen molar-refractivity contribution in [2.45, 2.75) is 13.2 Å². The van der Waals surface area contributed by atoms with Crippen LogP contribution in [0.2, 0.25) is 5.02 Å². The molecule has 0 radical (unpaired) electrons. The molecule has 0 unspecified atom stereocenters. The number of halogens is 2. The molecule has 1 aromatic carbocycles. The number of furan rings is 1. The van der Waals surface area contributed by atoms with Gasteiger partial charge in [-0.1, -0.05) is 27.5 Å². The Morgan fingerprint density at radius 2 is 2.22 bits per heavy atom. The van der Waals surface area contributed by atoms with Crippen molar-refractivity contribution >= 4 is 27.5 Å². The van der Waals surface area contributed by atoms with Crippen LogP contribution in [0.5, 0.6) is 5.75 Å². The molecule has 1 N–H and O–H groups in total. The van der Waals surface area contributed by atoms with Crippen molar-refractivity contribution in [2.24, 2.45) is 0 Å². The van der Waals surface area contributed by atoms with Crippen LogP contribution >= 0.6 is 27.5 Å². The standard InChI is InChI=1S/C13H13BrClNO2/c1-16-6-9-4-11(17-7-9)8-18-13-5-10(14)2-3-12(13)15/h2-5,7,16H,6,8H2,1H3. The maximum Gasteiger partial charge on any atom is 0.146 e. The van der Waals surface area contributed by atoms with Crippen LogP contribution < -0.4 is 10.1 Å². The molecule has 2 rings (SSSR count). The van der Waals surface area contributed by atoms with Gasteiger partial charge in [0, 0.05) is 16.6 Å². The molecule has 2 aromatic rings. The van der Waals surface area contributed by atoms with E-state index in [0.717, 1.165) is 22.3 Å². The van der Waals surface area contributed by atoms with Crippen LogP contribution in [0.3, 0.4) is 0 Å². The minimum Gasteiger partial charge on any atom is -0.484 e. The molecule has 0 saturated carbocycles. The number of hydrogen-bond acceptors (Lipinski definition) is 3. The fourth-order valence-electron chi connectivity index (χ4n) is 1.54. The second kappa shape index (κ2) is 6.27. The third-order valence-corrected chi connectivity index (χ3v) is 3.16. The fraction of sp³-hybridized carbons (Fsp3) is 0.231. The summed E-state index contributed by atoms with van der Waals surface area (Å²) in [6.45, 7) is 1.14. The van der Waals surface area contributed by atoms with Crippen LogP contribution in [-0.2, 0) is 13.2 Å². The topological polar surface area (TPSA) is 34.4 Å². The summed E-state index contributed by atoms with van der Waals surface area (Å²) in [7, 11) is 1.89. The molecule has 96 valence electrons. The van der Waals surface area contributed by atoms with E-state index in [-0.39, 0.29) is 0 Å². The molecule has 1 heterocycles. The van der Waals surface area contributed by atoms with Crippen molar-refractivity contribution in [1.82, 2.24) is 5.32 Å². The number of benzene rings is 1. The zero-order valence-corrected chi connectivity index (χ0v) is 12.2. The molecule has 1 aromatic heterocycles. The van der Waals surface area contributed by atoms with Crippen molar-refractivity contribution in [3.63, 3.8) is 0 Å². The molecule has 0 amide bonds. The number of nitrogens with one attached hydrogen (secondary N) is 1. The molecule has 18 heavy (non-hydrogen) atoms. The van der Waals surface area contributed by atoms with E-state index in [1.807, 2.05) is 25.2 Å². The van der Waals surface area contributed by atoms with E-state index in [0.29, 0.717) is 17.4 Å². The third kappa shape index (κ3) is 3.51. The largest absolute Gasteiger partial charge is 0.484 e. The van der Waals surface area contributed by atoms with Gasteiger partial charge in [0.1, 0.15) is 18.1 Å². The molecular weight excluding hydrogens is 318 g/mol. The first kappa shape index (κ1) is 13.5. The predicted octanol–water partition coefficient (Wildman–Crippen LogP) is 3.99. The van der Waals surface area contributed by atoms with Crippen LogP contribution in [0.4, 0.5) is 0 Å². The molecule has 0 aliphatic rings. The lowest BCUT2D eigenvalue weighted by Gasteiger charge is -2.06. The molecule has 3 nitrogen and oxygen atoms in total. The third-order valence-electron chi connectivity index (χ3n) is 2.35. The summed E-state index contributed by atoms with van der Waals surface area (Å²) in [6.07, 6.45) is 1.72. The SMILES string of the molecule is CNCc1coc(COc2cc(Br)ccc2Cl)c1. The monoisotopic (exact) mass is 329 g/mol. The molecule has 0 saturated heterocycles.